The molecule has 0 fully saturated rings. The van der Waals surface area contributed by atoms with Crippen LogP contribution in [0.15, 0.2) is 51.7 Å². The molecule has 0 spiro atoms. The zero-order chi connectivity index (χ0) is 24.7. The summed E-state index contributed by atoms with van der Waals surface area (Å²) in [6.45, 7) is -0.286. The van der Waals surface area contributed by atoms with Crippen molar-refractivity contribution < 1.29 is 37.9 Å². The molecule has 5 rings (SSSR count). The van der Waals surface area contributed by atoms with Crippen LogP contribution in [0.2, 0.25) is 0 Å². The van der Waals surface area contributed by atoms with Crippen LogP contribution in [-0.4, -0.2) is 46.3 Å². The number of benzene rings is 3. The Morgan fingerprint density at radius 1 is 0.857 bits per heavy atom. The summed E-state index contributed by atoms with van der Waals surface area (Å²) in [5.74, 6) is 2.81. The van der Waals surface area contributed by atoms with Gasteiger partial charge in [0.15, 0.2) is 35.2 Å². The maximum atomic E-state index is 12.7. The molecule has 9 nitrogen and oxygen atoms in total. The third kappa shape index (κ3) is 3.64. The molecule has 0 unspecified atom stereocenters. The van der Waals surface area contributed by atoms with E-state index in [0.29, 0.717) is 61.8 Å². The van der Waals surface area contributed by atoms with Gasteiger partial charge in [0, 0.05) is 28.5 Å². The molecule has 0 aliphatic carbocycles. The smallest absolute Gasteiger partial charge is 0.344 e. The van der Waals surface area contributed by atoms with E-state index in [1.54, 1.807) is 42.5 Å². The molecule has 1 aliphatic rings. The predicted octanol–water partition coefficient (Wildman–Crippen LogP) is 3.85. The maximum Gasteiger partial charge on any atom is 0.344 e. The fourth-order valence-electron chi connectivity index (χ4n) is 4.41. The molecular weight excluding hydrogens is 456 g/mol. The number of hydrogen-bond donors (Lipinski definition) is 1. The summed E-state index contributed by atoms with van der Waals surface area (Å²) in [6.07, 6.45) is -1.35. The Labute approximate surface area is 200 Å². The van der Waals surface area contributed by atoms with Crippen molar-refractivity contribution in [2.45, 2.75) is 12.2 Å². The van der Waals surface area contributed by atoms with Crippen molar-refractivity contribution in [3.05, 3.63) is 58.4 Å². The Balaban J connectivity index is 1.67. The number of aliphatic hydroxyl groups is 1. The Hall–Kier alpha value is -4.11. The first-order valence-corrected chi connectivity index (χ1v) is 10.8. The van der Waals surface area contributed by atoms with E-state index in [1.165, 1.54) is 28.4 Å². The van der Waals surface area contributed by atoms with Gasteiger partial charge in [-0.3, -0.25) is 0 Å². The Morgan fingerprint density at radius 3 is 2.29 bits per heavy atom. The lowest BCUT2D eigenvalue weighted by atomic mass is 10.0. The lowest BCUT2D eigenvalue weighted by Gasteiger charge is -2.21. The van der Waals surface area contributed by atoms with Gasteiger partial charge in [-0.1, -0.05) is 0 Å². The fourth-order valence-corrected chi connectivity index (χ4v) is 4.41. The van der Waals surface area contributed by atoms with Crippen LogP contribution in [0.25, 0.3) is 21.7 Å². The summed E-state index contributed by atoms with van der Waals surface area (Å²) in [5.41, 5.74) is 0.535. The normalized spacial score (nSPS) is 16.6. The second kappa shape index (κ2) is 8.92. The van der Waals surface area contributed by atoms with Crippen LogP contribution in [0.4, 0.5) is 0 Å². The molecule has 0 saturated carbocycles. The summed E-state index contributed by atoms with van der Waals surface area (Å²) in [6, 6.07) is 11.9. The van der Waals surface area contributed by atoms with Crippen molar-refractivity contribution in [3.8, 4) is 34.5 Å². The van der Waals surface area contributed by atoms with Crippen molar-refractivity contribution in [2.75, 3.05) is 35.0 Å². The van der Waals surface area contributed by atoms with Gasteiger partial charge in [-0.2, -0.15) is 0 Å². The number of aliphatic hydroxyl groups excluding tert-OH is 1. The standard InChI is InChI=1S/C26H24O9/c1-29-13-5-6-14-18(9-13)35-26(28)15-7-8-17(25(32-4)23(14)15)34-24-16-10-20(30-2)21(31-3)11-19(16)33-22(24)12-27/h5-11,22,24,27H,12H2,1-4H3/t22-,24+/m0/s1. The highest BCUT2D eigenvalue weighted by molar-refractivity contribution is 6.09. The quantitative estimate of drug-likeness (QED) is 0.312. The SMILES string of the molecule is COc1ccc2c(c1)oc(=O)c1ccc(O[C@@H]3c4cc(OC)c(OC)cc4O[C@H]3CO)c(OC)c12. The molecule has 1 aliphatic heterocycles. The Bertz CT molecular complexity index is 1470. The zero-order valence-corrected chi connectivity index (χ0v) is 19.6. The summed E-state index contributed by atoms with van der Waals surface area (Å²) < 4.78 is 39.6. The van der Waals surface area contributed by atoms with E-state index in [1.807, 2.05) is 0 Å². The van der Waals surface area contributed by atoms with Crippen molar-refractivity contribution in [1.82, 2.24) is 0 Å². The van der Waals surface area contributed by atoms with Gasteiger partial charge in [0.2, 0.25) is 0 Å². The molecule has 0 amide bonds. The lowest BCUT2D eigenvalue weighted by molar-refractivity contribution is 0.0404. The van der Waals surface area contributed by atoms with E-state index >= 15 is 0 Å². The highest BCUT2D eigenvalue weighted by Crippen LogP contribution is 2.47. The maximum absolute atomic E-state index is 12.7. The first-order chi connectivity index (χ1) is 17.0. The zero-order valence-electron chi connectivity index (χ0n) is 19.6. The topological polar surface area (TPSA) is 106 Å². The molecule has 1 aromatic heterocycles. The van der Waals surface area contributed by atoms with E-state index in [0.717, 1.165) is 0 Å². The highest BCUT2D eigenvalue weighted by Gasteiger charge is 2.38. The first-order valence-electron chi connectivity index (χ1n) is 10.8. The minimum atomic E-state index is -0.677. The average molecular weight is 480 g/mol. The van der Waals surface area contributed by atoms with E-state index in [4.69, 9.17) is 32.8 Å². The van der Waals surface area contributed by atoms with Gasteiger partial charge < -0.3 is 37.9 Å². The minimum absolute atomic E-state index is 0.286. The molecule has 182 valence electrons. The molecule has 9 heteroatoms. The molecule has 0 bridgehead atoms. The highest BCUT2D eigenvalue weighted by atomic mass is 16.6. The van der Waals surface area contributed by atoms with E-state index in [2.05, 4.69) is 0 Å². The van der Waals surface area contributed by atoms with Crippen LogP contribution in [0.3, 0.4) is 0 Å². The van der Waals surface area contributed by atoms with Crippen molar-refractivity contribution in [3.63, 3.8) is 0 Å². The molecule has 1 N–H and O–H groups in total. The fraction of sp³-hybridized carbons (Fsp3) is 0.269. The van der Waals surface area contributed by atoms with Gasteiger partial charge in [-0.15, -0.1) is 0 Å². The van der Waals surface area contributed by atoms with Gasteiger partial charge in [0.25, 0.3) is 0 Å². The van der Waals surface area contributed by atoms with Crippen molar-refractivity contribution in [1.29, 1.82) is 0 Å². The largest absolute Gasteiger partial charge is 0.497 e. The van der Waals surface area contributed by atoms with Crippen LogP contribution in [0.5, 0.6) is 34.5 Å². The molecule has 3 aromatic carbocycles. The molecule has 4 aromatic rings. The Kier molecular flexibility index (Phi) is 5.78. The Morgan fingerprint density at radius 2 is 1.60 bits per heavy atom. The monoisotopic (exact) mass is 480 g/mol. The summed E-state index contributed by atoms with van der Waals surface area (Å²) >= 11 is 0. The van der Waals surface area contributed by atoms with Gasteiger partial charge in [-0.05, 0) is 30.3 Å². The number of hydrogen-bond acceptors (Lipinski definition) is 9. The van der Waals surface area contributed by atoms with Crippen molar-refractivity contribution in [2.24, 2.45) is 0 Å². The van der Waals surface area contributed by atoms with E-state index in [-0.39, 0.29) is 6.61 Å². The third-order valence-corrected chi connectivity index (χ3v) is 6.08. The summed E-state index contributed by atoms with van der Waals surface area (Å²) in [4.78, 5) is 12.7. The van der Waals surface area contributed by atoms with Crippen LogP contribution in [-0.2, 0) is 0 Å². The number of rotatable bonds is 7. The number of ether oxygens (including phenoxy) is 6. The van der Waals surface area contributed by atoms with Gasteiger partial charge in [-0.25, -0.2) is 4.79 Å². The van der Waals surface area contributed by atoms with E-state index in [9.17, 15) is 9.90 Å². The molecule has 0 saturated heterocycles. The molecule has 2 heterocycles. The molecular formula is C26H24O9. The van der Waals surface area contributed by atoms with Crippen LogP contribution >= 0.6 is 0 Å². The van der Waals surface area contributed by atoms with Crippen LogP contribution < -0.4 is 34.0 Å². The first kappa shape index (κ1) is 22.7. The van der Waals surface area contributed by atoms with Crippen molar-refractivity contribution >= 4 is 21.7 Å². The second-order valence-corrected chi connectivity index (χ2v) is 7.89. The molecule has 35 heavy (non-hydrogen) atoms. The predicted molar refractivity (Wildman–Crippen MR) is 128 cm³/mol. The minimum Gasteiger partial charge on any atom is -0.497 e. The molecule has 2 atom stereocenters. The van der Waals surface area contributed by atoms with E-state index < -0.39 is 17.8 Å². The summed E-state index contributed by atoms with van der Waals surface area (Å²) in [7, 11) is 6.11. The average Bonchev–Trinajstić information content (AvgIpc) is 3.23. The van der Waals surface area contributed by atoms with Crippen LogP contribution in [0, 0.1) is 0 Å². The number of fused-ring (bicyclic) bond motifs is 4. The second-order valence-electron chi connectivity index (χ2n) is 7.89. The third-order valence-electron chi connectivity index (χ3n) is 6.08. The van der Waals surface area contributed by atoms with Gasteiger partial charge >= 0.3 is 5.63 Å². The van der Waals surface area contributed by atoms with Gasteiger partial charge in [0.05, 0.1) is 40.4 Å². The van der Waals surface area contributed by atoms with Crippen LogP contribution in [0.1, 0.15) is 11.7 Å². The number of methoxy groups -OCH3 is 4. The van der Waals surface area contributed by atoms with Gasteiger partial charge in [0.1, 0.15) is 17.1 Å². The summed E-state index contributed by atoms with van der Waals surface area (Å²) in [5, 5.41) is 11.6. The lowest BCUT2D eigenvalue weighted by Crippen LogP contribution is -2.27. The molecule has 0 radical (unpaired) electrons.